The van der Waals surface area contributed by atoms with E-state index in [0.29, 0.717) is 11.6 Å². The number of hydrogen-bond donors (Lipinski definition) is 0. The molecule has 0 radical (unpaired) electrons. The molecule has 7 nitrogen and oxygen atoms in total. The van der Waals surface area contributed by atoms with Crippen LogP contribution in [0.15, 0.2) is 102 Å². The highest BCUT2D eigenvalue weighted by Gasteiger charge is 2.30. The highest BCUT2D eigenvalue weighted by molar-refractivity contribution is 5.76. The Balaban J connectivity index is 0.00000339. The molecule has 0 spiro atoms. The molecule has 4 rings (SSSR count). The predicted molar refractivity (Wildman–Crippen MR) is 190 cm³/mol. The minimum atomic E-state index is 0. The fraction of sp³-hybridized carbons (Fsp3) is 0.308. The molecule has 0 saturated heterocycles. The number of pyridine rings is 1. The van der Waals surface area contributed by atoms with E-state index in [9.17, 15) is 0 Å². The van der Waals surface area contributed by atoms with Crippen LogP contribution in [0.1, 0.15) is 66.6 Å². The number of para-hydroxylation sites is 1. The van der Waals surface area contributed by atoms with Crippen LogP contribution in [0.3, 0.4) is 0 Å². The number of rotatable bonds is 11. The third-order valence-corrected chi connectivity index (χ3v) is 7.50. The van der Waals surface area contributed by atoms with E-state index in [1.807, 2.05) is 37.8 Å². The molecule has 46 heavy (non-hydrogen) atoms. The molecule has 0 fully saturated rings. The maximum absolute atomic E-state index is 9.03. The second kappa shape index (κ2) is 20.0. The zero-order valence-corrected chi connectivity index (χ0v) is 27.1. The fourth-order valence-corrected chi connectivity index (χ4v) is 5.31. The first-order chi connectivity index (χ1) is 21.9. The number of aryl methyl sites for hydroxylation is 1. The van der Waals surface area contributed by atoms with Crippen molar-refractivity contribution in [1.29, 1.82) is 5.26 Å². The van der Waals surface area contributed by atoms with E-state index in [0.717, 1.165) is 66.0 Å². The highest BCUT2D eigenvalue weighted by Crippen LogP contribution is 2.47. The molecule has 0 atom stereocenters. The first-order valence-electron chi connectivity index (χ1n) is 14.8. The molecule has 3 aromatic rings. The van der Waals surface area contributed by atoms with Gasteiger partial charge in [-0.2, -0.15) is 5.26 Å². The number of hydrogen-bond acceptors (Lipinski definition) is 7. The van der Waals surface area contributed by atoms with Crippen LogP contribution in [0.25, 0.3) is 11.1 Å². The smallest absolute Gasteiger partial charge is 0.146 e. The molecule has 2 heterocycles. The van der Waals surface area contributed by atoms with Crippen molar-refractivity contribution in [2.24, 2.45) is 5.92 Å². The molecule has 2 aromatic carbocycles. The van der Waals surface area contributed by atoms with E-state index in [1.165, 1.54) is 22.5 Å². The van der Waals surface area contributed by atoms with Crippen LogP contribution in [0.2, 0.25) is 0 Å². The van der Waals surface area contributed by atoms with Crippen molar-refractivity contribution in [1.82, 2.24) is 4.98 Å². The standard InChI is InChI=1S/C36H39N3O2.2CH2O.CH4.H2/c1-7-27-22-31(20-12-25(3)4)39(36-34(40-5)10-9-11-35(36)41-6)33(8-2)32(27)21-15-26-13-16-28(17-14-26)29-18-19-30(23-37)38-24-29;2*1-2;;/h9-11,13-14,16-19,22,24-25H,1,8,12,15,20-21H2,2-6H3;2*1H2;1H4;1H. The number of anilines is 1. The minimum absolute atomic E-state index is 0. The van der Waals surface area contributed by atoms with E-state index in [-0.39, 0.29) is 8.85 Å². The molecule has 0 bridgehead atoms. The van der Waals surface area contributed by atoms with Gasteiger partial charge in [0, 0.05) is 30.2 Å². The number of benzene rings is 2. The molecule has 7 heteroatoms. The lowest BCUT2D eigenvalue weighted by molar-refractivity contribution is -0.0987. The lowest BCUT2D eigenvalue weighted by atomic mass is 9.89. The highest BCUT2D eigenvalue weighted by atomic mass is 16.5. The maximum atomic E-state index is 9.03. The van der Waals surface area contributed by atoms with E-state index >= 15 is 0 Å². The Kier molecular flexibility index (Phi) is 16.9. The molecule has 0 saturated carbocycles. The topological polar surface area (TPSA) is 92.5 Å². The van der Waals surface area contributed by atoms with E-state index in [2.05, 4.69) is 79.4 Å². The summed E-state index contributed by atoms with van der Waals surface area (Å²) < 4.78 is 11.7. The van der Waals surface area contributed by atoms with Crippen molar-refractivity contribution in [3.05, 3.63) is 113 Å². The third-order valence-electron chi connectivity index (χ3n) is 7.50. The van der Waals surface area contributed by atoms with Gasteiger partial charge in [0.2, 0.25) is 0 Å². The van der Waals surface area contributed by atoms with Gasteiger partial charge >= 0.3 is 0 Å². The summed E-state index contributed by atoms with van der Waals surface area (Å²) in [6, 6.07) is 20.3. The Morgan fingerprint density at radius 3 is 2.00 bits per heavy atom. The number of nitriles is 1. The van der Waals surface area contributed by atoms with Gasteiger partial charge in [-0.3, -0.25) is 0 Å². The van der Waals surface area contributed by atoms with E-state index in [1.54, 1.807) is 26.5 Å². The van der Waals surface area contributed by atoms with E-state index in [4.69, 9.17) is 24.3 Å². The van der Waals surface area contributed by atoms with Crippen LogP contribution in [0, 0.1) is 17.2 Å². The molecular weight excluding hydrogens is 574 g/mol. The SMILES string of the molecule is C.C=C=C1C=C(CCC(C)C)N(c2c(OC)cccc2OC)C(CC)=C1CCc1ccc(-c2ccc(C#N)nc2)cc1.C=O.C=O.[HH]. The average molecular weight is 624 g/mol. The molecule has 1 aliphatic heterocycles. The van der Waals surface area contributed by atoms with Gasteiger partial charge in [0.05, 0.1) is 14.2 Å². The van der Waals surface area contributed by atoms with Gasteiger partial charge in [0.1, 0.15) is 42.5 Å². The Labute approximate surface area is 276 Å². The lowest BCUT2D eigenvalue weighted by Gasteiger charge is -2.37. The second-order valence-corrected chi connectivity index (χ2v) is 10.5. The van der Waals surface area contributed by atoms with Gasteiger partial charge in [-0.15, -0.1) is 5.73 Å². The van der Waals surface area contributed by atoms with Crippen LogP contribution in [0.4, 0.5) is 5.69 Å². The van der Waals surface area contributed by atoms with Crippen LogP contribution in [0.5, 0.6) is 11.5 Å². The number of methoxy groups -OCH3 is 2. The number of nitrogens with zero attached hydrogens (tertiary/aromatic N) is 3. The number of aromatic nitrogens is 1. The van der Waals surface area contributed by atoms with Gasteiger partial charge in [0.15, 0.2) is 0 Å². The summed E-state index contributed by atoms with van der Waals surface area (Å²) in [5.74, 6) is 2.14. The van der Waals surface area contributed by atoms with Crippen LogP contribution in [-0.2, 0) is 16.0 Å². The first-order valence-corrected chi connectivity index (χ1v) is 14.8. The van der Waals surface area contributed by atoms with E-state index < -0.39 is 0 Å². The largest absolute Gasteiger partial charge is 0.494 e. The van der Waals surface area contributed by atoms with Crippen molar-refractivity contribution < 1.29 is 20.5 Å². The van der Waals surface area contributed by atoms with Crippen LogP contribution >= 0.6 is 0 Å². The first kappa shape index (κ1) is 38.8. The molecule has 0 N–H and O–H groups in total. The number of ether oxygens (including phenoxy) is 2. The van der Waals surface area contributed by atoms with Crippen molar-refractivity contribution in [2.45, 2.75) is 60.3 Å². The van der Waals surface area contributed by atoms with Gasteiger partial charge in [-0.1, -0.05) is 65.1 Å². The molecule has 0 aliphatic carbocycles. The summed E-state index contributed by atoms with van der Waals surface area (Å²) in [6.45, 7) is 14.8. The van der Waals surface area contributed by atoms with Gasteiger partial charge in [-0.25, -0.2) is 4.98 Å². The number of allylic oxidation sites excluding steroid dienone is 5. The molecule has 244 valence electrons. The van der Waals surface area contributed by atoms with Gasteiger partial charge in [0.25, 0.3) is 0 Å². The predicted octanol–water partition coefficient (Wildman–Crippen LogP) is 9.30. The van der Waals surface area contributed by atoms with Crippen LogP contribution in [-0.4, -0.2) is 32.8 Å². The molecular formula is C39H49N3O4. The zero-order valence-electron chi connectivity index (χ0n) is 27.1. The maximum Gasteiger partial charge on any atom is 0.146 e. The second-order valence-electron chi connectivity index (χ2n) is 10.5. The van der Waals surface area contributed by atoms with Gasteiger partial charge in [-0.05, 0) is 85.1 Å². The Morgan fingerprint density at radius 1 is 0.913 bits per heavy atom. The van der Waals surface area contributed by atoms with Crippen molar-refractivity contribution in [3.8, 4) is 28.7 Å². The third kappa shape index (κ3) is 9.41. The van der Waals surface area contributed by atoms with Gasteiger partial charge < -0.3 is 24.0 Å². The molecule has 1 aromatic heterocycles. The van der Waals surface area contributed by atoms with Crippen LogP contribution < -0.4 is 14.4 Å². The average Bonchev–Trinajstić information content (AvgIpc) is 3.10. The number of carbonyl (C=O) groups excluding carboxylic acids is 2. The molecule has 0 amide bonds. The molecule has 1 aliphatic rings. The number of carbonyl (C=O) groups is 2. The lowest BCUT2D eigenvalue weighted by Crippen LogP contribution is -2.28. The Morgan fingerprint density at radius 2 is 1.52 bits per heavy atom. The summed E-state index contributed by atoms with van der Waals surface area (Å²) >= 11 is 0. The van der Waals surface area contributed by atoms with Crippen molar-refractivity contribution in [2.75, 3.05) is 19.1 Å². The Hall–Kier alpha value is -5.18. The quantitative estimate of drug-likeness (QED) is 0.197. The van der Waals surface area contributed by atoms with Crippen molar-refractivity contribution >= 4 is 19.3 Å². The molecule has 0 unspecified atom stereocenters. The Bertz CT molecular complexity index is 1540. The monoisotopic (exact) mass is 623 g/mol. The summed E-state index contributed by atoms with van der Waals surface area (Å²) in [7, 11) is 3.42. The zero-order chi connectivity index (χ0) is 33.4. The minimum Gasteiger partial charge on any atom is -0.494 e. The summed E-state index contributed by atoms with van der Waals surface area (Å²) in [4.78, 5) is 22.6. The van der Waals surface area contributed by atoms with Crippen molar-refractivity contribution in [3.63, 3.8) is 0 Å². The summed E-state index contributed by atoms with van der Waals surface area (Å²) in [5, 5.41) is 9.03. The fourth-order valence-electron chi connectivity index (χ4n) is 5.31. The summed E-state index contributed by atoms with van der Waals surface area (Å²) in [6.07, 6.45) is 8.55. The summed E-state index contributed by atoms with van der Waals surface area (Å²) in [5.41, 5.74) is 12.7. The normalized spacial score (nSPS) is 11.9.